The number of nitrogens with one attached hydrogen (secondary N) is 1. The van der Waals surface area contributed by atoms with Crippen LogP contribution in [0, 0.1) is 11.8 Å². The zero-order chi connectivity index (χ0) is 31.6. The molecule has 0 saturated heterocycles. The first-order valence-corrected chi connectivity index (χ1v) is 14.9. The fourth-order valence-electron chi connectivity index (χ4n) is 4.84. The highest BCUT2D eigenvalue weighted by Crippen LogP contribution is 2.45. The summed E-state index contributed by atoms with van der Waals surface area (Å²) in [4.78, 5) is 17.6. The maximum atomic E-state index is 15.9. The standard InChI is InChI=1S/C31H26F2N4O6S/c1-41-22-13-11-21(12-14-22)30(38)37-28-23(29(35-37)42-2)17-19(18-34-28)9-10-20-7-5-6-8-24(20)31(43-3)26(32)16-15-25(27(31)33)36-44(4,39)40/h5-8,11-18,27,36H,1-4H3. The topological polar surface area (TPSA) is 122 Å². The van der Waals surface area contributed by atoms with Crippen LogP contribution in [0.1, 0.15) is 27.0 Å². The lowest BCUT2D eigenvalue weighted by Gasteiger charge is -2.38. The van der Waals surface area contributed by atoms with Gasteiger partial charge in [-0.1, -0.05) is 30.0 Å². The number of pyridine rings is 1. The fraction of sp³-hybridized carbons (Fsp3) is 0.194. The normalized spacial score (nSPS) is 18.1. The van der Waals surface area contributed by atoms with E-state index in [9.17, 15) is 13.2 Å². The van der Waals surface area contributed by atoms with Crippen molar-refractivity contribution in [2.75, 3.05) is 27.6 Å². The van der Waals surface area contributed by atoms with Crippen molar-refractivity contribution in [3.8, 4) is 23.5 Å². The van der Waals surface area contributed by atoms with Crippen molar-refractivity contribution in [1.82, 2.24) is 19.5 Å². The molecular weight excluding hydrogens is 594 g/mol. The molecule has 0 spiro atoms. The Kier molecular flexibility index (Phi) is 8.23. The Hall–Kier alpha value is -5.06. The van der Waals surface area contributed by atoms with Crippen LogP contribution < -0.4 is 14.2 Å². The highest BCUT2D eigenvalue weighted by atomic mass is 32.2. The van der Waals surface area contributed by atoms with E-state index in [0.29, 0.717) is 22.3 Å². The summed E-state index contributed by atoms with van der Waals surface area (Å²) in [6, 6.07) is 14.4. The number of allylic oxidation sites excluding steroid dienone is 2. The summed E-state index contributed by atoms with van der Waals surface area (Å²) in [7, 11) is 0.198. The van der Waals surface area contributed by atoms with Crippen molar-refractivity contribution in [1.29, 1.82) is 0 Å². The Morgan fingerprint density at radius 1 is 1.05 bits per heavy atom. The van der Waals surface area contributed by atoms with Crippen LogP contribution in [-0.4, -0.2) is 62.8 Å². The summed E-state index contributed by atoms with van der Waals surface area (Å²) in [5.74, 6) is 5.19. The molecule has 2 aromatic carbocycles. The third kappa shape index (κ3) is 5.52. The Balaban J connectivity index is 1.54. The molecule has 2 unspecified atom stereocenters. The highest BCUT2D eigenvalue weighted by molar-refractivity contribution is 7.88. The Morgan fingerprint density at radius 3 is 2.43 bits per heavy atom. The number of methoxy groups -OCH3 is 3. The number of carbonyl (C=O) groups excluding carboxylic acids is 1. The maximum Gasteiger partial charge on any atom is 0.280 e. The lowest BCUT2D eigenvalue weighted by atomic mass is 9.80. The molecule has 13 heteroatoms. The molecule has 0 radical (unpaired) electrons. The van der Waals surface area contributed by atoms with E-state index < -0.39 is 33.5 Å². The average Bonchev–Trinajstić information content (AvgIpc) is 3.39. The molecule has 2 aromatic heterocycles. The molecule has 226 valence electrons. The van der Waals surface area contributed by atoms with E-state index >= 15 is 8.78 Å². The van der Waals surface area contributed by atoms with Crippen LogP contribution in [0.25, 0.3) is 11.0 Å². The third-order valence-electron chi connectivity index (χ3n) is 6.90. The molecule has 2 heterocycles. The van der Waals surface area contributed by atoms with Gasteiger partial charge in [0.2, 0.25) is 15.9 Å². The minimum atomic E-state index is -3.86. The van der Waals surface area contributed by atoms with Crippen LogP contribution in [0.5, 0.6) is 11.6 Å². The second kappa shape index (κ2) is 11.9. The molecule has 10 nitrogen and oxygen atoms in total. The molecule has 1 aliphatic rings. The van der Waals surface area contributed by atoms with Gasteiger partial charge in [0.15, 0.2) is 17.4 Å². The van der Waals surface area contributed by atoms with Gasteiger partial charge in [-0.2, -0.15) is 4.68 Å². The van der Waals surface area contributed by atoms with E-state index in [1.165, 1.54) is 26.5 Å². The van der Waals surface area contributed by atoms with Gasteiger partial charge in [0.1, 0.15) is 11.6 Å². The van der Waals surface area contributed by atoms with Crippen LogP contribution in [0.2, 0.25) is 0 Å². The van der Waals surface area contributed by atoms with Gasteiger partial charge in [-0.3, -0.25) is 9.52 Å². The highest BCUT2D eigenvalue weighted by Gasteiger charge is 2.51. The number of aromatic nitrogens is 3. The smallest absolute Gasteiger partial charge is 0.280 e. The van der Waals surface area contributed by atoms with Crippen molar-refractivity contribution < 1.29 is 36.2 Å². The Labute approximate surface area is 252 Å². The molecule has 4 aromatic rings. The van der Waals surface area contributed by atoms with E-state index in [1.54, 1.807) is 48.5 Å². The van der Waals surface area contributed by atoms with Crippen LogP contribution in [0.4, 0.5) is 8.78 Å². The predicted octanol–water partition coefficient (Wildman–Crippen LogP) is 4.02. The van der Waals surface area contributed by atoms with E-state index in [-0.39, 0.29) is 28.4 Å². The number of alkyl halides is 1. The molecule has 0 bridgehead atoms. The van der Waals surface area contributed by atoms with Crippen LogP contribution in [0.15, 0.2) is 84.5 Å². The number of hydrogen-bond acceptors (Lipinski definition) is 8. The molecule has 1 aliphatic carbocycles. The largest absolute Gasteiger partial charge is 0.497 e. The second-order valence-corrected chi connectivity index (χ2v) is 11.4. The molecule has 0 fully saturated rings. The van der Waals surface area contributed by atoms with Crippen LogP contribution in [0.3, 0.4) is 0 Å². The molecule has 0 aliphatic heterocycles. The van der Waals surface area contributed by atoms with E-state index in [2.05, 4.69) is 26.6 Å². The van der Waals surface area contributed by atoms with Crippen molar-refractivity contribution in [3.63, 3.8) is 0 Å². The van der Waals surface area contributed by atoms with E-state index in [4.69, 9.17) is 14.2 Å². The zero-order valence-corrected chi connectivity index (χ0v) is 24.8. The minimum Gasteiger partial charge on any atom is -0.497 e. The minimum absolute atomic E-state index is 0.0432. The van der Waals surface area contributed by atoms with Gasteiger partial charge in [-0.15, -0.1) is 5.10 Å². The van der Waals surface area contributed by atoms with Gasteiger partial charge in [0, 0.05) is 35.6 Å². The Morgan fingerprint density at radius 2 is 1.77 bits per heavy atom. The number of benzene rings is 2. The number of fused-ring (bicyclic) bond motifs is 1. The molecule has 5 rings (SSSR count). The van der Waals surface area contributed by atoms with Gasteiger partial charge in [-0.25, -0.2) is 22.2 Å². The summed E-state index contributed by atoms with van der Waals surface area (Å²) in [5, 5.41) is 4.69. The quantitative estimate of drug-likeness (QED) is 0.308. The first-order chi connectivity index (χ1) is 21.0. The maximum absolute atomic E-state index is 15.9. The molecule has 2 atom stereocenters. The lowest BCUT2D eigenvalue weighted by Crippen LogP contribution is -2.46. The number of carbonyl (C=O) groups is 1. The number of ether oxygens (including phenoxy) is 3. The van der Waals surface area contributed by atoms with Gasteiger partial charge in [0.25, 0.3) is 5.91 Å². The van der Waals surface area contributed by atoms with Crippen molar-refractivity contribution in [3.05, 3.63) is 107 Å². The number of nitrogens with zero attached hydrogens (tertiary/aromatic N) is 3. The van der Waals surface area contributed by atoms with Crippen LogP contribution in [-0.2, 0) is 20.4 Å². The van der Waals surface area contributed by atoms with E-state index in [1.807, 2.05) is 0 Å². The van der Waals surface area contributed by atoms with Crippen molar-refractivity contribution in [2.45, 2.75) is 11.8 Å². The summed E-state index contributed by atoms with van der Waals surface area (Å²) in [6.45, 7) is 0. The van der Waals surface area contributed by atoms with Gasteiger partial charge < -0.3 is 14.2 Å². The molecular formula is C31H26F2N4O6S. The SMILES string of the molecule is COc1ccc(C(=O)n2nc(OC)c3cc(C#Cc4ccccc4C4(OC)C(F)=CC=C(NS(C)(=O)=O)C4F)cnc32)cc1. The summed E-state index contributed by atoms with van der Waals surface area (Å²) in [5.41, 5.74) is -1.45. The second-order valence-electron chi connectivity index (χ2n) is 9.66. The number of sulfonamides is 1. The van der Waals surface area contributed by atoms with Crippen LogP contribution >= 0.6 is 0 Å². The molecule has 1 N–H and O–H groups in total. The first kappa shape index (κ1) is 30.4. The number of halogens is 2. The predicted molar refractivity (Wildman–Crippen MR) is 158 cm³/mol. The molecule has 0 amide bonds. The van der Waals surface area contributed by atoms with E-state index in [0.717, 1.165) is 30.2 Å². The summed E-state index contributed by atoms with van der Waals surface area (Å²) >= 11 is 0. The monoisotopic (exact) mass is 620 g/mol. The molecule has 0 saturated carbocycles. The number of rotatable bonds is 7. The van der Waals surface area contributed by atoms with Crippen molar-refractivity contribution in [2.24, 2.45) is 0 Å². The third-order valence-corrected chi connectivity index (χ3v) is 7.51. The number of hydrogen-bond donors (Lipinski definition) is 1. The summed E-state index contributed by atoms with van der Waals surface area (Å²) in [6.07, 6.45) is 2.01. The lowest BCUT2D eigenvalue weighted by molar-refractivity contribution is -0.0522. The fourth-order valence-corrected chi connectivity index (χ4v) is 5.43. The van der Waals surface area contributed by atoms with Gasteiger partial charge >= 0.3 is 0 Å². The summed E-state index contributed by atoms with van der Waals surface area (Å²) < 4.78 is 74.2. The first-order valence-electron chi connectivity index (χ1n) is 13.0. The van der Waals surface area contributed by atoms with Crippen molar-refractivity contribution >= 4 is 27.0 Å². The average molecular weight is 621 g/mol. The van der Waals surface area contributed by atoms with Gasteiger partial charge in [-0.05, 0) is 48.6 Å². The zero-order valence-electron chi connectivity index (χ0n) is 24.0. The Bertz CT molecular complexity index is 1990. The van der Waals surface area contributed by atoms with Gasteiger partial charge in [0.05, 0.1) is 31.6 Å². The molecule has 44 heavy (non-hydrogen) atoms.